The molecule has 0 aromatic rings. The molecule has 0 saturated heterocycles. The Morgan fingerprint density at radius 2 is 0.926 bits per heavy atom. The van der Waals surface area contributed by atoms with Gasteiger partial charge in [0.2, 0.25) is 5.91 Å². The van der Waals surface area contributed by atoms with Crippen molar-refractivity contribution in [3.8, 4) is 0 Å². The Kier molecular flexibility index (Phi) is 42.7. The van der Waals surface area contributed by atoms with E-state index >= 15 is 0 Å². The third-order valence-electron chi connectivity index (χ3n) is 10.8. The normalized spacial score (nSPS) is 12.9. The van der Waals surface area contributed by atoms with Gasteiger partial charge in [0.05, 0.1) is 25.4 Å². The number of hydrogen-bond acceptors (Lipinski definition) is 5. The number of hydrogen-bond donors (Lipinski definition) is 3. The standard InChI is InChI=1S/C48H91NO5/c1-3-5-7-9-11-13-15-16-17-18-22-26-30-34-38-42-48(53)54-43-39-35-31-27-23-19-21-25-29-33-37-41-47(52)49-45(44-50)46(51)40-36-32-28-24-20-14-12-10-8-6-4-2/h11,13,16-17,45-46,50-51H,3-10,12,14-15,18-44H2,1-2H3,(H,49,52)/b13-11-,17-16-. The van der Waals surface area contributed by atoms with Gasteiger partial charge >= 0.3 is 5.97 Å². The number of carbonyl (C=O) groups excluding carboxylic acids is 2. The van der Waals surface area contributed by atoms with Gasteiger partial charge in [0.1, 0.15) is 0 Å². The van der Waals surface area contributed by atoms with Crippen molar-refractivity contribution in [2.75, 3.05) is 13.2 Å². The van der Waals surface area contributed by atoms with Crippen molar-refractivity contribution in [3.63, 3.8) is 0 Å². The fourth-order valence-corrected chi connectivity index (χ4v) is 7.08. The molecule has 0 aliphatic rings. The van der Waals surface area contributed by atoms with Gasteiger partial charge in [0.25, 0.3) is 0 Å². The van der Waals surface area contributed by atoms with Crippen LogP contribution in [0.25, 0.3) is 0 Å². The third-order valence-corrected chi connectivity index (χ3v) is 10.8. The molecular formula is C48H91NO5. The molecule has 3 N–H and O–H groups in total. The van der Waals surface area contributed by atoms with Crippen molar-refractivity contribution in [1.29, 1.82) is 0 Å². The van der Waals surface area contributed by atoms with Crippen LogP contribution in [0.2, 0.25) is 0 Å². The van der Waals surface area contributed by atoms with Crippen LogP contribution in [-0.4, -0.2) is 47.4 Å². The molecule has 0 aliphatic carbocycles. The Labute approximate surface area is 335 Å². The minimum absolute atomic E-state index is 0.0283. The predicted molar refractivity (Wildman–Crippen MR) is 232 cm³/mol. The summed E-state index contributed by atoms with van der Waals surface area (Å²) in [6, 6.07) is -0.554. The van der Waals surface area contributed by atoms with Gasteiger partial charge in [0, 0.05) is 12.8 Å². The smallest absolute Gasteiger partial charge is 0.305 e. The summed E-state index contributed by atoms with van der Waals surface area (Å²) in [5.74, 6) is -0.0849. The molecule has 0 fully saturated rings. The Balaban J connectivity index is 3.48. The van der Waals surface area contributed by atoms with Crippen molar-refractivity contribution in [3.05, 3.63) is 24.3 Å². The molecule has 2 unspecified atom stereocenters. The summed E-state index contributed by atoms with van der Waals surface area (Å²) in [5.41, 5.74) is 0. The summed E-state index contributed by atoms with van der Waals surface area (Å²) in [6.45, 7) is 4.86. The molecule has 0 spiro atoms. The van der Waals surface area contributed by atoms with E-state index in [1.165, 1.54) is 141 Å². The molecule has 0 aliphatic heterocycles. The molecule has 0 aromatic heterocycles. The molecule has 6 heteroatoms. The van der Waals surface area contributed by atoms with E-state index in [0.717, 1.165) is 70.6 Å². The van der Waals surface area contributed by atoms with Crippen LogP contribution in [-0.2, 0) is 14.3 Å². The molecule has 0 radical (unpaired) electrons. The highest BCUT2D eigenvalue weighted by atomic mass is 16.5. The molecule has 318 valence electrons. The number of esters is 1. The topological polar surface area (TPSA) is 95.9 Å². The average Bonchev–Trinajstić information content (AvgIpc) is 3.17. The van der Waals surface area contributed by atoms with E-state index in [4.69, 9.17) is 4.74 Å². The van der Waals surface area contributed by atoms with Crippen LogP contribution in [0.3, 0.4) is 0 Å². The molecular weight excluding hydrogens is 671 g/mol. The molecule has 0 bridgehead atoms. The summed E-state index contributed by atoms with van der Waals surface area (Å²) in [5, 5.41) is 23.1. The van der Waals surface area contributed by atoms with Crippen molar-refractivity contribution in [1.82, 2.24) is 5.32 Å². The Hall–Kier alpha value is -1.66. The second kappa shape index (κ2) is 44.1. The first-order valence-corrected chi connectivity index (χ1v) is 23.6. The maximum absolute atomic E-state index is 12.4. The highest BCUT2D eigenvalue weighted by Gasteiger charge is 2.20. The number of unbranched alkanes of at least 4 members (excludes halogenated alkanes) is 28. The number of ether oxygens (including phenoxy) is 1. The minimum atomic E-state index is -0.675. The van der Waals surface area contributed by atoms with Gasteiger partial charge in [-0.2, -0.15) is 0 Å². The molecule has 6 nitrogen and oxygen atoms in total. The van der Waals surface area contributed by atoms with E-state index in [2.05, 4.69) is 43.5 Å². The lowest BCUT2D eigenvalue weighted by molar-refractivity contribution is -0.143. The second-order valence-electron chi connectivity index (χ2n) is 16.1. The maximum atomic E-state index is 12.4. The van der Waals surface area contributed by atoms with Crippen LogP contribution in [0.1, 0.15) is 245 Å². The van der Waals surface area contributed by atoms with E-state index in [9.17, 15) is 19.8 Å². The fourth-order valence-electron chi connectivity index (χ4n) is 7.08. The first-order chi connectivity index (χ1) is 26.5. The lowest BCUT2D eigenvalue weighted by Crippen LogP contribution is -2.45. The zero-order valence-corrected chi connectivity index (χ0v) is 36.0. The van der Waals surface area contributed by atoms with Crippen LogP contribution < -0.4 is 5.32 Å². The van der Waals surface area contributed by atoms with Crippen molar-refractivity contribution >= 4 is 11.9 Å². The number of amides is 1. The molecule has 0 aromatic carbocycles. The largest absolute Gasteiger partial charge is 0.466 e. The zero-order valence-electron chi connectivity index (χ0n) is 36.0. The third kappa shape index (κ3) is 40.0. The lowest BCUT2D eigenvalue weighted by Gasteiger charge is -2.22. The monoisotopic (exact) mass is 762 g/mol. The first-order valence-electron chi connectivity index (χ1n) is 23.6. The Morgan fingerprint density at radius 1 is 0.519 bits per heavy atom. The summed E-state index contributed by atoms with van der Waals surface area (Å²) in [4.78, 5) is 24.4. The zero-order chi connectivity index (χ0) is 39.4. The van der Waals surface area contributed by atoms with Crippen LogP contribution in [0.4, 0.5) is 0 Å². The maximum Gasteiger partial charge on any atom is 0.305 e. The van der Waals surface area contributed by atoms with Crippen LogP contribution in [0.15, 0.2) is 24.3 Å². The molecule has 2 atom stereocenters. The van der Waals surface area contributed by atoms with Gasteiger partial charge < -0.3 is 20.3 Å². The van der Waals surface area contributed by atoms with E-state index in [0.29, 0.717) is 25.9 Å². The van der Waals surface area contributed by atoms with Crippen LogP contribution in [0, 0.1) is 0 Å². The molecule has 1 amide bonds. The van der Waals surface area contributed by atoms with E-state index in [1.807, 2.05) is 0 Å². The van der Waals surface area contributed by atoms with Crippen molar-refractivity contribution in [2.24, 2.45) is 0 Å². The van der Waals surface area contributed by atoms with Gasteiger partial charge in [-0.25, -0.2) is 0 Å². The fraction of sp³-hybridized carbons (Fsp3) is 0.875. The number of nitrogens with one attached hydrogen (secondary N) is 1. The predicted octanol–water partition coefficient (Wildman–Crippen LogP) is 13.6. The average molecular weight is 762 g/mol. The van der Waals surface area contributed by atoms with E-state index in [1.54, 1.807) is 0 Å². The minimum Gasteiger partial charge on any atom is -0.466 e. The van der Waals surface area contributed by atoms with Gasteiger partial charge in [-0.1, -0.05) is 199 Å². The summed E-state index contributed by atoms with van der Waals surface area (Å²) in [6.07, 6.45) is 49.9. The number of carbonyl (C=O) groups is 2. The molecule has 0 heterocycles. The molecule has 0 saturated carbocycles. The van der Waals surface area contributed by atoms with Crippen LogP contribution >= 0.6 is 0 Å². The lowest BCUT2D eigenvalue weighted by atomic mass is 10.0. The van der Waals surface area contributed by atoms with Gasteiger partial charge in [-0.05, 0) is 57.8 Å². The second-order valence-corrected chi connectivity index (χ2v) is 16.1. The highest BCUT2D eigenvalue weighted by molar-refractivity contribution is 5.76. The van der Waals surface area contributed by atoms with Crippen molar-refractivity contribution in [2.45, 2.75) is 257 Å². The van der Waals surface area contributed by atoms with E-state index in [-0.39, 0.29) is 18.5 Å². The number of allylic oxidation sites excluding steroid dienone is 4. The quantitative estimate of drug-likeness (QED) is 0.0327. The van der Waals surface area contributed by atoms with Gasteiger partial charge in [0.15, 0.2) is 0 Å². The molecule has 54 heavy (non-hydrogen) atoms. The summed E-state index contributed by atoms with van der Waals surface area (Å²) in [7, 11) is 0. The van der Waals surface area contributed by atoms with Crippen molar-refractivity contribution < 1.29 is 24.5 Å². The Morgan fingerprint density at radius 3 is 1.44 bits per heavy atom. The summed E-state index contributed by atoms with van der Waals surface area (Å²) < 4.78 is 5.44. The number of aliphatic hydroxyl groups is 2. The van der Waals surface area contributed by atoms with Gasteiger partial charge in [-0.15, -0.1) is 0 Å². The summed E-state index contributed by atoms with van der Waals surface area (Å²) >= 11 is 0. The van der Waals surface area contributed by atoms with Crippen LogP contribution in [0.5, 0.6) is 0 Å². The van der Waals surface area contributed by atoms with E-state index < -0.39 is 12.1 Å². The Bertz CT molecular complexity index is 843. The SMILES string of the molecule is CCCCC/C=C\C/C=C\CCCCCCCC(=O)OCCCCCCCCCCCCCC(=O)NC(CO)C(O)CCCCCCCCCCCCC. The highest BCUT2D eigenvalue weighted by Crippen LogP contribution is 2.15. The molecule has 0 rings (SSSR count). The number of rotatable bonds is 43. The van der Waals surface area contributed by atoms with Gasteiger partial charge in [-0.3, -0.25) is 9.59 Å². The number of aliphatic hydroxyl groups excluding tert-OH is 2. The first kappa shape index (κ1) is 52.3.